The Morgan fingerprint density at radius 2 is 1.20 bits per heavy atom. The second-order valence-corrected chi connectivity index (χ2v) is 7.35. The van der Waals surface area contributed by atoms with Crippen LogP contribution >= 0.6 is 45.2 Å². The SMILES string of the molecule is CCCCCc1c(O)c(O)c(I)c(I)c1CCCCC. The molecule has 2 N–H and O–H groups in total. The van der Waals surface area contributed by atoms with Crippen LogP contribution in [0.1, 0.15) is 63.5 Å². The van der Waals surface area contributed by atoms with Crippen molar-refractivity contribution in [1.82, 2.24) is 0 Å². The van der Waals surface area contributed by atoms with Gasteiger partial charge in [-0.15, -0.1) is 0 Å². The summed E-state index contributed by atoms with van der Waals surface area (Å²) in [6, 6.07) is 0. The summed E-state index contributed by atoms with van der Waals surface area (Å²) < 4.78 is 1.90. The summed E-state index contributed by atoms with van der Waals surface area (Å²) in [5.41, 5.74) is 2.21. The number of aromatic hydroxyl groups is 2. The van der Waals surface area contributed by atoms with Crippen molar-refractivity contribution >= 4 is 45.2 Å². The van der Waals surface area contributed by atoms with E-state index in [-0.39, 0.29) is 11.5 Å². The molecule has 1 aromatic carbocycles. The van der Waals surface area contributed by atoms with Gasteiger partial charge < -0.3 is 10.2 Å². The Bertz CT molecular complexity index is 404. The maximum absolute atomic E-state index is 10.3. The van der Waals surface area contributed by atoms with Crippen molar-refractivity contribution in [2.45, 2.75) is 65.2 Å². The number of benzene rings is 1. The summed E-state index contributed by atoms with van der Waals surface area (Å²) in [7, 11) is 0. The molecule has 0 fully saturated rings. The van der Waals surface area contributed by atoms with Crippen LogP contribution < -0.4 is 0 Å². The van der Waals surface area contributed by atoms with Crippen molar-refractivity contribution in [3.8, 4) is 11.5 Å². The van der Waals surface area contributed by atoms with E-state index < -0.39 is 0 Å². The molecule has 114 valence electrons. The number of hydrogen-bond acceptors (Lipinski definition) is 2. The number of phenols is 2. The monoisotopic (exact) mass is 502 g/mol. The Hall–Kier alpha value is 0.280. The first kappa shape index (κ1) is 18.3. The fourth-order valence-electron chi connectivity index (χ4n) is 2.39. The van der Waals surface area contributed by atoms with Crippen molar-refractivity contribution < 1.29 is 10.2 Å². The third-order valence-corrected chi connectivity index (χ3v) is 6.87. The first-order valence-corrected chi connectivity index (χ1v) is 9.60. The van der Waals surface area contributed by atoms with E-state index >= 15 is 0 Å². The molecular formula is C16H24I2O2. The van der Waals surface area contributed by atoms with E-state index in [0.29, 0.717) is 0 Å². The highest BCUT2D eigenvalue weighted by Crippen LogP contribution is 2.41. The van der Waals surface area contributed by atoms with Gasteiger partial charge in [0.2, 0.25) is 0 Å². The van der Waals surface area contributed by atoms with Gasteiger partial charge in [-0.1, -0.05) is 39.5 Å². The lowest BCUT2D eigenvalue weighted by molar-refractivity contribution is 0.394. The predicted molar refractivity (Wildman–Crippen MR) is 102 cm³/mol. The van der Waals surface area contributed by atoms with Crippen LogP contribution in [0.5, 0.6) is 11.5 Å². The fourth-order valence-corrected chi connectivity index (χ4v) is 3.82. The number of unbranched alkanes of at least 4 members (excludes halogenated alkanes) is 4. The van der Waals surface area contributed by atoms with Crippen molar-refractivity contribution in [3.05, 3.63) is 18.3 Å². The molecule has 0 radical (unpaired) electrons. The molecular weight excluding hydrogens is 478 g/mol. The molecule has 0 aromatic heterocycles. The molecule has 1 aromatic rings. The van der Waals surface area contributed by atoms with Gasteiger partial charge in [0.15, 0.2) is 11.5 Å². The molecule has 0 unspecified atom stereocenters. The Morgan fingerprint density at radius 1 is 0.700 bits per heavy atom. The zero-order chi connectivity index (χ0) is 15.1. The van der Waals surface area contributed by atoms with E-state index in [0.717, 1.165) is 44.8 Å². The third-order valence-electron chi connectivity index (χ3n) is 3.60. The molecule has 0 spiro atoms. The van der Waals surface area contributed by atoms with Crippen LogP contribution in [0, 0.1) is 7.14 Å². The molecule has 0 aliphatic heterocycles. The molecule has 0 amide bonds. The van der Waals surface area contributed by atoms with Crippen molar-refractivity contribution in [3.63, 3.8) is 0 Å². The van der Waals surface area contributed by atoms with Gasteiger partial charge >= 0.3 is 0 Å². The first-order chi connectivity index (χ1) is 9.54. The molecule has 4 heteroatoms. The summed E-state index contributed by atoms with van der Waals surface area (Å²) in [6.45, 7) is 4.38. The normalized spacial score (nSPS) is 11.0. The van der Waals surface area contributed by atoms with Gasteiger partial charge in [-0.25, -0.2) is 0 Å². The van der Waals surface area contributed by atoms with Gasteiger partial charge in [0.25, 0.3) is 0 Å². The van der Waals surface area contributed by atoms with Crippen LogP contribution in [0.4, 0.5) is 0 Å². The molecule has 0 heterocycles. The van der Waals surface area contributed by atoms with Crippen LogP contribution in [0.15, 0.2) is 0 Å². The lowest BCUT2D eigenvalue weighted by atomic mass is 9.96. The van der Waals surface area contributed by atoms with Gasteiger partial charge in [-0.05, 0) is 76.4 Å². The lowest BCUT2D eigenvalue weighted by Crippen LogP contribution is -2.02. The summed E-state index contributed by atoms with van der Waals surface area (Å²) >= 11 is 4.43. The van der Waals surface area contributed by atoms with Crippen molar-refractivity contribution in [1.29, 1.82) is 0 Å². The average molecular weight is 502 g/mol. The lowest BCUT2D eigenvalue weighted by Gasteiger charge is -2.17. The number of rotatable bonds is 8. The number of halogens is 2. The minimum atomic E-state index is 0.0562. The Balaban J connectivity index is 3.08. The van der Waals surface area contributed by atoms with E-state index in [2.05, 4.69) is 59.0 Å². The van der Waals surface area contributed by atoms with Crippen LogP contribution in [-0.2, 0) is 12.8 Å². The van der Waals surface area contributed by atoms with Gasteiger partial charge in [-0.3, -0.25) is 0 Å². The van der Waals surface area contributed by atoms with E-state index in [1.807, 2.05) is 0 Å². The molecule has 0 aliphatic carbocycles. The molecule has 2 nitrogen and oxygen atoms in total. The van der Waals surface area contributed by atoms with Crippen molar-refractivity contribution in [2.75, 3.05) is 0 Å². The number of hydrogen-bond donors (Lipinski definition) is 2. The largest absolute Gasteiger partial charge is 0.504 e. The number of phenolic OH excluding ortho intramolecular Hbond substituents is 2. The van der Waals surface area contributed by atoms with E-state index in [1.54, 1.807) is 0 Å². The second-order valence-electron chi connectivity index (χ2n) is 5.20. The third kappa shape index (κ3) is 4.64. The quantitative estimate of drug-likeness (QED) is 0.269. The smallest absolute Gasteiger partial charge is 0.172 e. The maximum atomic E-state index is 10.3. The topological polar surface area (TPSA) is 40.5 Å². The summed E-state index contributed by atoms with van der Waals surface area (Å²) in [6.07, 6.45) is 8.82. The van der Waals surface area contributed by atoms with Gasteiger partial charge in [-0.2, -0.15) is 0 Å². The Labute approximate surface area is 149 Å². The zero-order valence-electron chi connectivity index (χ0n) is 12.3. The highest BCUT2D eigenvalue weighted by Gasteiger charge is 2.20. The van der Waals surface area contributed by atoms with E-state index in [1.165, 1.54) is 24.8 Å². The zero-order valence-corrected chi connectivity index (χ0v) is 16.6. The van der Waals surface area contributed by atoms with Crippen LogP contribution in [0.2, 0.25) is 0 Å². The first-order valence-electron chi connectivity index (χ1n) is 7.45. The standard InChI is InChI=1S/C16H24I2O2/c1-3-5-7-9-11-12(10-8-6-4-2)15(19)16(20)14(18)13(11)17/h19-20H,3-10H2,1-2H3. The van der Waals surface area contributed by atoms with Crippen molar-refractivity contribution in [2.24, 2.45) is 0 Å². The van der Waals surface area contributed by atoms with Gasteiger partial charge in [0, 0.05) is 9.13 Å². The van der Waals surface area contributed by atoms with E-state index in [9.17, 15) is 10.2 Å². The predicted octanol–water partition coefficient (Wildman–Crippen LogP) is 5.77. The molecule has 0 saturated carbocycles. The molecule has 0 aliphatic rings. The van der Waals surface area contributed by atoms with Gasteiger partial charge in [0.1, 0.15) is 0 Å². The fraction of sp³-hybridized carbons (Fsp3) is 0.625. The minimum absolute atomic E-state index is 0.0562. The summed E-state index contributed by atoms with van der Waals surface area (Å²) in [5.74, 6) is 0.165. The maximum Gasteiger partial charge on any atom is 0.172 e. The highest BCUT2D eigenvalue weighted by atomic mass is 127. The Morgan fingerprint density at radius 3 is 1.70 bits per heavy atom. The minimum Gasteiger partial charge on any atom is -0.504 e. The summed E-state index contributed by atoms with van der Waals surface area (Å²) in [4.78, 5) is 0. The van der Waals surface area contributed by atoms with E-state index in [4.69, 9.17) is 0 Å². The molecule has 0 saturated heterocycles. The molecule has 0 bridgehead atoms. The molecule has 1 rings (SSSR count). The highest BCUT2D eigenvalue weighted by molar-refractivity contribution is 14.1. The van der Waals surface area contributed by atoms with Crippen LogP contribution in [0.3, 0.4) is 0 Å². The van der Waals surface area contributed by atoms with Gasteiger partial charge in [0.05, 0.1) is 3.57 Å². The molecule has 0 atom stereocenters. The molecule has 20 heavy (non-hydrogen) atoms. The second kappa shape index (κ2) is 9.33. The van der Waals surface area contributed by atoms with Crippen LogP contribution in [-0.4, -0.2) is 10.2 Å². The van der Waals surface area contributed by atoms with Crippen LogP contribution in [0.25, 0.3) is 0 Å². The Kier molecular flexibility index (Phi) is 8.55. The average Bonchev–Trinajstić information content (AvgIpc) is 2.45. The summed E-state index contributed by atoms with van der Waals surface area (Å²) in [5, 5.41) is 20.3.